The van der Waals surface area contributed by atoms with Crippen LogP contribution >= 0.6 is 15.9 Å². The lowest BCUT2D eigenvalue weighted by molar-refractivity contribution is 0.459. The normalized spacial score (nSPS) is 10.2. The van der Waals surface area contributed by atoms with Crippen molar-refractivity contribution in [3.8, 4) is 11.6 Å². The molecule has 0 radical (unpaired) electrons. The summed E-state index contributed by atoms with van der Waals surface area (Å²) in [5.74, 6) is 0.805. The number of hydrogen-bond donors (Lipinski definition) is 0. The van der Waals surface area contributed by atoms with Gasteiger partial charge in [-0.3, -0.25) is 0 Å². The highest BCUT2D eigenvalue weighted by atomic mass is 79.9. The molecule has 0 atom stereocenters. The van der Waals surface area contributed by atoms with Gasteiger partial charge in [0.25, 0.3) is 0 Å². The maximum atomic E-state index is 13.0. The van der Waals surface area contributed by atoms with Crippen molar-refractivity contribution in [1.82, 2.24) is 4.98 Å². The SMILES string of the molecule is Cc1cc(Oc2cccc(Br)n2)ccc1F. The predicted octanol–water partition coefficient (Wildman–Crippen LogP) is 4.08. The third-order valence-corrected chi connectivity index (χ3v) is 2.48. The number of aryl methyl sites for hydroxylation is 1. The maximum Gasteiger partial charge on any atom is 0.220 e. The first-order valence-electron chi connectivity index (χ1n) is 4.72. The smallest absolute Gasteiger partial charge is 0.220 e. The van der Waals surface area contributed by atoms with Gasteiger partial charge < -0.3 is 4.74 Å². The standard InChI is InChI=1S/C12H9BrFNO/c1-8-7-9(5-6-10(8)14)16-12-4-2-3-11(13)15-12/h2-7H,1H3. The monoisotopic (exact) mass is 281 g/mol. The van der Waals surface area contributed by atoms with Gasteiger partial charge in [-0.2, -0.15) is 0 Å². The fourth-order valence-electron chi connectivity index (χ4n) is 1.25. The van der Waals surface area contributed by atoms with Crippen molar-refractivity contribution in [3.63, 3.8) is 0 Å². The fourth-order valence-corrected chi connectivity index (χ4v) is 1.58. The van der Waals surface area contributed by atoms with Crippen molar-refractivity contribution in [2.75, 3.05) is 0 Å². The van der Waals surface area contributed by atoms with Gasteiger partial charge in [-0.05, 0) is 52.7 Å². The number of pyridine rings is 1. The van der Waals surface area contributed by atoms with E-state index in [9.17, 15) is 4.39 Å². The highest BCUT2D eigenvalue weighted by molar-refractivity contribution is 9.10. The van der Waals surface area contributed by atoms with Gasteiger partial charge in [-0.15, -0.1) is 0 Å². The van der Waals surface area contributed by atoms with Crippen molar-refractivity contribution < 1.29 is 9.13 Å². The number of benzene rings is 1. The molecule has 2 rings (SSSR count). The molecule has 2 aromatic rings. The van der Waals surface area contributed by atoms with Gasteiger partial charge in [0.05, 0.1) is 0 Å². The first kappa shape index (κ1) is 11.1. The maximum absolute atomic E-state index is 13.0. The van der Waals surface area contributed by atoms with E-state index in [1.165, 1.54) is 6.07 Å². The lowest BCUT2D eigenvalue weighted by Gasteiger charge is -2.05. The number of rotatable bonds is 2. The van der Waals surface area contributed by atoms with E-state index in [-0.39, 0.29) is 5.82 Å². The fraction of sp³-hybridized carbons (Fsp3) is 0.0833. The second kappa shape index (κ2) is 4.61. The molecule has 1 aromatic carbocycles. The molecule has 0 aliphatic rings. The summed E-state index contributed by atoms with van der Waals surface area (Å²) < 4.78 is 19.2. The van der Waals surface area contributed by atoms with Crippen LogP contribution in [0.4, 0.5) is 4.39 Å². The Bertz CT molecular complexity index is 516. The highest BCUT2D eigenvalue weighted by Crippen LogP contribution is 2.22. The van der Waals surface area contributed by atoms with Gasteiger partial charge in [0.2, 0.25) is 5.88 Å². The Labute approximate surface area is 101 Å². The third kappa shape index (κ3) is 2.58. The Morgan fingerprint density at radius 2 is 2.06 bits per heavy atom. The van der Waals surface area contributed by atoms with Gasteiger partial charge in [-0.1, -0.05) is 6.07 Å². The lowest BCUT2D eigenvalue weighted by atomic mass is 10.2. The van der Waals surface area contributed by atoms with E-state index in [1.807, 2.05) is 12.1 Å². The van der Waals surface area contributed by atoms with Crippen LogP contribution < -0.4 is 4.74 Å². The molecule has 1 aromatic heterocycles. The zero-order chi connectivity index (χ0) is 11.5. The van der Waals surface area contributed by atoms with E-state index < -0.39 is 0 Å². The van der Waals surface area contributed by atoms with E-state index >= 15 is 0 Å². The number of nitrogens with zero attached hydrogens (tertiary/aromatic N) is 1. The minimum Gasteiger partial charge on any atom is -0.439 e. The average Bonchev–Trinajstić information content (AvgIpc) is 2.24. The van der Waals surface area contributed by atoms with Gasteiger partial charge in [0.15, 0.2) is 0 Å². The zero-order valence-electron chi connectivity index (χ0n) is 8.58. The van der Waals surface area contributed by atoms with E-state index in [4.69, 9.17) is 4.74 Å². The Balaban J connectivity index is 2.24. The van der Waals surface area contributed by atoms with Crippen LogP contribution in [0.25, 0.3) is 0 Å². The Hall–Kier alpha value is -1.42. The first-order valence-corrected chi connectivity index (χ1v) is 5.51. The molecule has 0 bridgehead atoms. The topological polar surface area (TPSA) is 22.1 Å². The molecule has 0 fully saturated rings. The van der Waals surface area contributed by atoms with Gasteiger partial charge >= 0.3 is 0 Å². The molecule has 2 nitrogen and oxygen atoms in total. The quantitative estimate of drug-likeness (QED) is 0.774. The number of ether oxygens (including phenoxy) is 1. The number of halogens is 2. The van der Waals surface area contributed by atoms with Gasteiger partial charge in [0.1, 0.15) is 16.2 Å². The van der Waals surface area contributed by atoms with Crippen molar-refractivity contribution >= 4 is 15.9 Å². The molecular formula is C12H9BrFNO. The largest absolute Gasteiger partial charge is 0.439 e. The summed E-state index contributed by atoms with van der Waals surface area (Å²) in [4.78, 5) is 4.12. The summed E-state index contributed by atoms with van der Waals surface area (Å²) in [6.07, 6.45) is 0. The molecule has 1 heterocycles. The molecule has 4 heteroatoms. The van der Waals surface area contributed by atoms with Gasteiger partial charge in [0, 0.05) is 6.07 Å². The predicted molar refractivity (Wildman–Crippen MR) is 63.1 cm³/mol. The van der Waals surface area contributed by atoms with E-state index in [0.717, 1.165) is 0 Å². The van der Waals surface area contributed by atoms with Crippen molar-refractivity contribution in [3.05, 3.63) is 52.4 Å². The molecule has 0 aliphatic carbocycles. The Morgan fingerprint density at radius 1 is 1.25 bits per heavy atom. The second-order valence-corrected chi connectivity index (χ2v) is 4.12. The van der Waals surface area contributed by atoms with Crippen molar-refractivity contribution in [2.45, 2.75) is 6.92 Å². The molecule has 82 valence electrons. The molecular weight excluding hydrogens is 273 g/mol. The van der Waals surface area contributed by atoms with Crippen LogP contribution in [-0.2, 0) is 0 Å². The molecule has 16 heavy (non-hydrogen) atoms. The van der Waals surface area contributed by atoms with E-state index in [1.54, 1.807) is 25.1 Å². The van der Waals surface area contributed by atoms with E-state index in [0.29, 0.717) is 21.8 Å². The summed E-state index contributed by atoms with van der Waals surface area (Å²) in [6.45, 7) is 1.69. The molecule has 0 saturated carbocycles. The number of aromatic nitrogens is 1. The van der Waals surface area contributed by atoms with Crippen molar-refractivity contribution in [2.24, 2.45) is 0 Å². The summed E-state index contributed by atoms with van der Waals surface area (Å²) in [7, 11) is 0. The van der Waals surface area contributed by atoms with Gasteiger partial charge in [-0.25, -0.2) is 9.37 Å². The zero-order valence-corrected chi connectivity index (χ0v) is 10.2. The van der Waals surface area contributed by atoms with Crippen LogP contribution in [0.3, 0.4) is 0 Å². The van der Waals surface area contributed by atoms with Crippen LogP contribution in [0.5, 0.6) is 11.6 Å². The lowest BCUT2D eigenvalue weighted by Crippen LogP contribution is -1.89. The minimum absolute atomic E-state index is 0.241. The Kier molecular flexibility index (Phi) is 3.19. The van der Waals surface area contributed by atoms with E-state index in [2.05, 4.69) is 20.9 Å². The number of hydrogen-bond acceptors (Lipinski definition) is 2. The summed E-state index contributed by atoms with van der Waals surface area (Å²) in [5, 5.41) is 0. The molecule has 0 saturated heterocycles. The molecule has 0 N–H and O–H groups in total. The Morgan fingerprint density at radius 3 is 2.75 bits per heavy atom. The average molecular weight is 282 g/mol. The minimum atomic E-state index is -0.241. The highest BCUT2D eigenvalue weighted by Gasteiger charge is 2.02. The first-order chi connectivity index (χ1) is 7.65. The summed E-state index contributed by atoms with van der Waals surface area (Å²) in [6, 6.07) is 9.96. The second-order valence-electron chi connectivity index (χ2n) is 3.31. The van der Waals surface area contributed by atoms with Crippen LogP contribution in [0.1, 0.15) is 5.56 Å². The summed E-state index contributed by atoms with van der Waals surface area (Å²) >= 11 is 3.25. The molecule has 0 aliphatic heterocycles. The van der Waals surface area contributed by atoms with Crippen molar-refractivity contribution in [1.29, 1.82) is 0 Å². The third-order valence-electron chi connectivity index (χ3n) is 2.04. The molecule has 0 unspecified atom stereocenters. The molecule has 0 amide bonds. The van der Waals surface area contributed by atoms with Crippen LogP contribution in [-0.4, -0.2) is 4.98 Å². The summed E-state index contributed by atoms with van der Waals surface area (Å²) in [5.41, 5.74) is 0.549. The van der Waals surface area contributed by atoms with Crippen LogP contribution in [0, 0.1) is 12.7 Å². The molecule has 0 spiro atoms. The van der Waals surface area contributed by atoms with Crippen LogP contribution in [0.2, 0.25) is 0 Å². The van der Waals surface area contributed by atoms with Crippen LogP contribution in [0.15, 0.2) is 41.0 Å².